The Labute approximate surface area is 158 Å². The Morgan fingerprint density at radius 3 is 2.41 bits per heavy atom. The summed E-state index contributed by atoms with van der Waals surface area (Å²) in [5.74, 6) is -0.244. The molecule has 2 aliphatic rings. The second-order valence-electron chi connectivity index (χ2n) is 6.73. The monoisotopic (exact) mass is 383 g/mol. The molecular weight excluding hydrogens is 362 g/mol. The maximum absolute atomic E-state index is 12.8. The molecule has 0 aliphatic carbocycles. The van der Waals surface area contributed by atoms with Gasteiger partial charge in [0, 0.05) is 13.1 Å². The minimum atomic E-state index is -3.70. The van der Waals surface area contributed by atoms with Crippen LogP contribution in [-0.4, -0.2) is 38.5 Å². The molecule has 0 aromatic heterocycles. The number of carbonyl (C=O) groups is 1. The molecule has 4 rings (SSSR count). The molecule has 2 N–H and O–H groups in total. The van der Waals surface area contributed by atoms with Gasteiger partial charge in [0.2, 0.25) is 10.0 Å². The molecule has 0 bridgehead atoms. The number of para-hydroxylation sites is 1. The molecule has 1 saturated heterocycles. The van der Waals surface area contributed by atoms with E-state index in [0.29, 0.717) is 18.8 Å². The fourth-order valence-corrected chi connectivity index (χ4v) is 4.73. The Hall–Kier alpha value is -2.64. The number of benzene rings is 2. The molecule has 7 heteroatoms. The van der Waals surface area contributed by atoms with E-state index < -0.39 is 16.2 Å². The van der Waals surface area contributed by atoms with E-state index in [1.54, 1.807) is 23.1 Å². The first kappa shape index (κ1) is 17.8. The first-order valence-corrected chi connectivity index (χ1v) is 10.4. The lowest BCUT2D eigenvalue weighted by molar-refractivity contribution is -0.132. The smallest absolute Gasteiger partial charge is 0.261 e. The maximum atomic E-state index is 12.8. The average molecular weight is 383 g/mol. The van der Waals surface area contributed by atoms with Gasteiger partial charge in [-0.05, 0) is 30.5 Å². The fraction of sp³-hybridized carbons (Fsp3) is 0.250. The van der Waals surface area contributed by atoms with E-state index in [-0.39, 0.29) is 10.8 Å². The molecule has 2 aliphatic heterocycles. The Morgan fingerprint density at radius 1 is 1.00 bits per heavy atom. The van der Waals surface area contributed by atoms with E-state index in [2.05, 4.69) is 28.2 Å². The van der Waals surface area contributed by atoms with Crippen LogP contribution in [0.2, 0.25) is 0 Å². The number of likely N-dealkylation sites (tertiary alicyclic amines) is 1. The van der Waals surface area contributed by atoms with Crippen LogP contribution in [0.5, 0.6) is 0 Å². The Morgan fingerprint density at radius 2 is 1.67 bits per heavy atom. The van der Waals surface area contributed by atoms with Crippen molar-refractivity contribution >= 4 is 27.7 Å². The van der Waals surface area contributed by atoms with Crippen LogP contribution in [0.4, 0.5) is 5.69 Å². The summed E-state index contributed by atoms with van der Waals surface area (Å²) in [6.07, 6.45) is 2.78. The second-order valence-corrected chi connectivity index (χ2v) is 8.42. The number of nitrogens with one attached hydrogen (secondary N) is 2. The molecule has 0 unspecified atom stereocenters. The van der Waals surface area contributed by atoms with Gasteiger partial charge in [0.05, 0.1) is 5.69 Å². The molecule has 2 heterocycles. The summed E-state index contributed by atoms with van der Waals surface area (Å²) < 4.78 is 27.2. The number of nitrogens with zero attached hydrogens (tertiary/aromatic N) is 1. The zero-order valence-electron chi connectivity index (χ0n) is 14.8. The lowest BCUT2D eigenvalue weighted by Gasteiger charge is -2.34. The van der Waals surface area contributed by atoms with Crippen molar-refractivity contribution in [3.63, 3.8) is 0 Å². The third kappa shape index (κ3) is 3.74. The zero-order valence-corrected chi connectivity index (χ0v) is 15.6. The quantitative estimate of drug-likeness (QED) is 0.835. The normalized spacial score (nSPS) is 21.1. The van der Waals surface area contributed by atoms with Crippen LogP contribution >= 0.6 is 0 Å². The Kier molecular flexibility index (Phi) is 4.72. The van der Waals surface area contributed by atoms with E-state index >= 15 is 0 Å². The van der Waals surface area contributed by atoms with Crippen LogP contribution in [-0.2, 0) is 14.8 Å². The van der Waals surface area contributed by atoms with Crippen LogP contribution < -0.4 is 10.0 Å². The van der Waals surface area contributed by atoms with E-state index in [1.165, 1.54) is 11.6 Å². The van der Waals surface area contributed by atoms with E-state index in [4.69, 9.17) is 0 Å². The van der Waals surface area contributed by atoms with Crippen molar-refractivity contribution in [3.8, 4) is 0 Å². The molecule has 140 valence electrons. The Bertz CT molecular complexity index is 977. The molecule has 0 spiro atoms. The topological polar surface area (TPSA) is 78.5 Å². The number of fused-ring (bicyclic) bond motifs is 1. The highest BCUT2D eigenvalue weighted by atomic mass is 32.2. The fourth-order valence-electron chi connectivity index (χ4n) is 3.46. The van der Waals surface area contributed by atoms with Gasteiger partial charge < -0.3 is 10.2 Å². The highest BCUT2D eigenvalue weighted by Crippen LogP contribution is 2.27. The van der Waals surface area contributed by atoms with E-state index in [1.807, 2.05) is 18.2 Å². The van der Waals surface area contributed by atoms with E-state index in [0.717, 1.165) is 18.4 Å². The molecule has 6 nitrogen and oxygen atoms in total. The number of carbonyl (C=O) groups excluding carboxylic acids is 1. The number of amides is 1. The number of anilines is 1. The lowest BCUT2D eigenvalue weighted by atomic mass is 10.0. The third-order valence-corrected chi connectivity index (χ3v) is 6.37. The largest absolute Gasteiger partial charge is 0.360 e. The molecular formula is C20H21N3O3S. The summed E-state index contributed by atoms with van der Waals surface area (Å²) >= 11 is 0. The zero-order chi connectivity index (χ0) is 18.9. The van der Waals surface area contributed by atoms with Crippen molar-refractivity contribution in [2.75, 3.05) is 18.4 Å². The van der Waals surface area contributed by atoms with Crippen LogP contribution in [0.25, 0.3) is 6.08 Å². The third-order valence-electron chi connectivity index (χ3n) is 4.88. The summed E-state index contributed by atoms with van der Waals surface area (Å²) in [5, 5.41) is 3.00. The predicted octanol–water partition coefficient (Wildman–Crippen LogP) is 2.42. The van der Waals surface area contributed by atoms with Crippen molar-refractivity contribution < 1.29 is 13.2 Å². The first-order valence-electron chi connectivity index (χ1n) is 8.94. The van der Waals surface area contributed by atoms with Gasteiger partial charge in [-0.25, -0.2) is 8.42 Å². The highest BCUT2D eigenvalue weighted by molar-refractivity contribution is 7.89. The van der Waals surface area contributed by atoms with Crippen molar-refractivity contribution in [2.24, 2.45) is 0 Å². The molecule has 2 aromatic rings. The average Bonchev–Trinajstić information content (AvgIpc) is 2.68. The minimum Gasteiger partial charge on any atom is -0.360 e. The second kappa shape index (κ2) is 7.17. The van der Waals surface area contributed by atoms with Crippen molar-refractivity contribution in [1.29, 1.82) is 0 Å². The molecule has 27 heavy (non-hydrogen) atoms. The molecule has 2 aromatic carbocycles. The van der Waals surface area contributed by atoms with Gasteiger partial charge in [0.1, 0.15) is 4.90 Å². The summed E-state index contributed by atoms with van der Waals surface area (Å²) in [6, 6.07) is 16.7. The number of piperidine rings is 1. The molecule has 1 fully saturated rings. The molecule has 0 radical (unpaired) electrons. The number of rotatable bonds is 2. The van der Waals surface area contributed by atoms with Gasteiger partial charge in [0.15, 0.2) is 6.17 Å². The highest BCUT2D eigenvalue weighted by Gasteiger charge is 2.35. The molecule has 1 amide bonds. The maximum Gasteiger partial charge on any atom is 0.261 e. The van der Waals surface area contributed by atoms with Crippen LogP contribution in [0.1, 0.15) is 18.4 Å². The van der Waals surface area contributed by atoms with Gasteiger partial charge in [-0.1, -0.05) is 54.1 Å². The molecule has 0 saturated carbocycles. The minimum absolute atomic E-state index is 0.167. The van der Waals surface area contributed by atoms with E-state index in [9.17, 15) is 13.2 Å². The number of sulfonamides is 1. The molecule has 1 atom stereocenters. The van der Waals surface area contributed by atoms with Crippen molar-refractivity contribution in [2.45, 2.75) is 23.9 Å². The van der Waals surface area contributed by atoms with Gasteiger partial charge >= 0.3 is 0 Å². The Balaban J connectivity index is 1.44. The lowest BCUT2D eigenvalue weighted by Crippen LogP contribution is -2.55. The van der Waals surface area contributed by atoms with Gasteiger partial charge in [-0.15, -0.1) is 0 Å². The van der Waals surface area contributed by atoms with Crippen LogP contribution in [0.3, 0.4) is 0 Å². The predicted molar refractivity (Wildman–Crippen MR) is 104 cm³/mol. The summed E-state index contributed by atoms with van der Waals surface area (Å²) in [4.78, 5) is 14.7. The van der Waals surface area contributed by atoms with Gasteiger partial charge in [-0.2, -0.15) is 4.72 Å². The number of hydrogen-bond acceptors (Lipinski definition) is 4. The summed E-state index contributed by atoms with van der Waals surface area (Å²) in [5.41, 5.74) is 2.91. The SMILES string of the molecule is O=C([C@H]1Nc2ccccc2S(=O)(=O)N1)N1CCC(=Cc2ccccc2)CC1. The first-order chi connectivity index (χ1) is 13.0. The summed E-state index contributed by atoms with van der Waals surface area (Å²) in [7, 11) is -3.70. The standard InChI is InChI=1S/C20H21N3O3S/c24-20(19-21-17-8-4-5-9-18(17)27(25,26)22-19)23-12-10-16(11-13-23)14-15-6-2-1-3-7-15/h1-9,14,19,21-22H,10-13H2/t19-/m0/s1. The van der Waals surface area contributed by atoms with Crippen molar-refractivity contribution in [1.82, 2.24) is 9.62 Å². The summed E-state index contributed by atoms with van der Waals surface area (Å²) in [6.45, 7) is 1.16. The van der Waals surface area contributed by atoms with Gasteiger partial charge in [-0.3, -0.25) is 4.79 Å². The van der Waals surface area contributed by atoms with Crippen molar-refractivity contribution in [3.05, 3.63) is 65.7 Å². The van der Waals surface area contributed by atoms with Crippen LogP contribution in [0, 0.1) is 0 Å². The van der Waals surface area contributed by atoms with Crippen LogP contribution in [0.15, 0.2) is 65.1 Å². The van der Waals surface area contributed by atoms with Gasteiger partial charge in [0.25, 0.3) is 5.91 Å². The number of hydrogen-bond donors (Lipinski definition) is 2.